The Morgan fingerprint density at radius 2 is 2.07 bits per heavy atom. The highest BCUT2D eigenvalue weighted by Crippen LogP contribution is 2.25. The molecule has 0 saturated heterocycles. The van der Waals surface area contributed by atoms with Crippen LogP contribution in [0.2, 0.25) is 0 Å². The maximum absolute atomic E-state index is 10.9. The number of benzene rings is 1. The van der Waals surface area contributed by atoms with Crippen LogP contribution < -0.4 is 0 Å². The van der Waals surface area contributed by atoms with Gasteiger partial charge in [-0.2, -0.15) is 0 Å². The van der Waals surface area contributed by atoms with Crippen molar-refractivity contribution < 1.29 is 4.79 Å². The number of aldehydes is 1. The van der Waals surface area contributed by atoms with Crippen LogP contribution in [0.15, 0.2) is 18.2 Å². The summed E-state index contributed by atoms with van der Waals surface area (Å²) in [7, 11) is 0. The molecule has 0 aliphatic carbocycles. The van der Waals surface area contributed by atoms with Gasteiger partial charge in [0.25, 0.3) is 0 Å². The number of hydrogen-bond donors (Lipinski definition) is 0. The van der Waals surface area contributed by atoms with E-state index in [1.54, 1.807) is 0 Å². The molecule has 1 rings (SSSR count). The van der Waals surface area contributed by atoms with Crippen LogP contribution in [-0.4, -0.2) is 6.29 Å². The average molecular weight is 202 g/mol. The fraction of sp³-hybridized carbons (Fsp3) is 0.357. The maximum Gasteiger partial charge on any atom is 0.150 e. The Hall–Kier alpha value is -1.37. The van der Waals surface area contributed by atoms with Crippen molar-refractivity contribution in [3.8, 4) is 0 Å². The summed E-state index contributed by atoms with van der Waals surface area (Å²) in [6.07, 6.45) is 4.03. The van der Waals surface area contributed by atoms with E-state index >= 15 is 0 Å². The lowest BCUT2D eigenvalue weighted by Crippen LogP contribution is -1.98. The molecule has 0 saturated carbocycles. The van der Waals surface area contributed by atoms with Crippen LogP contribution >= 0.6 is 0 Å². The summed E-state index contributed by atoms with van der Waals surface area (Å²) in [6, 6.07) is 3.96. The van der Waals surface area contributed by atoms with Crippen LogP contribution in [0.4, 0.5) is 0 Å². The molecule has 0 atom stereocenters. The molecule has 0 spiro atoms. The number of aryl methyl sites for hydroxylation is 1. The number of allylic oxidation sites excluding steroid dienone is 2. The first kappa shape index (κ1) is 11.7. The van der Waals surface area contributed by atoms with Gasteiger partial charge in [-0.1, -0.05) is 25.1 Å². The molecule has 0 aliphatic rings. The Bertz CT molecular complexity index is 400. The van der Waals surface area contributed by atoms with E-state index in [0.717, 1.165) is 23.8 Å². The third-order valence-corrected chi connectivity index (χ3v) is 2.93. The topological polar surface area (TPSA) is 17.1 Å². The van der Waals surface area contributed by atoms with Crippen molar-refractivity contribution in [1.29, 1.82) is 0 Å². The standard InChI is InChI=1S/C14H18O/c1-5-10(3)14-11(4)13(9-15)8-7-12(14)6-2/h5,7-9H,6H2,1-4H3/b10-5-. The fourth-order valence-electron chi connectivity index (χ4n) is 1.90. The van der Waals surface area contributed by atoms with Crippen molar-refractivity contribution in [2.75, 3.05) is 0 Å². The summed E-state index contributed by atoms with van der Waals surface area (Å²) in [4.78, 5) is 10.9. The van der Waals surface area contributed by atoms with E-state index in [0.29, 0.717) is 0 Å². The molecule has 0 radical (unpaired) electrons. The van der Waals surface area contributed by atoms with E-state index in [9.17, 15) is 4.79 Å². The summed E-state index contributed by atoms with van der Waals surface area (Å²) >= 11 is 0. The first-order valence-corrected chi connectivity index (χ1v) is 5.36. The summed E-state index contributed by atoms with van der Waals surface area (Å²) in [5, 5.41) is 0. The molecule has 0 aromatic heterocycles. The molecule has 0 amide bonds. The molecular weight excluding hydrogens is 184 g/mol. The molecule has 0 heterocycles. The van der Waals surface area contributed by atoms with Crippen LogP contribution in [-0.2, 0) is 6.42 Å². The van der Waals surface area contributed by atoms with Crippen LogP contribution in [0.25, 0.3) is 5.57 Å². The summed E-state index contributed by atoms with van der Waals surface area (Å²) < 4.78 is 0. The van der Waals surface area contributed by atoms with Gasteiger partial charge >= 0.3 is 0 Å². The van der Waals surface area contributed by atoms with Gasteiger partial charge in [0.05, 0.1) is 0 Å². The Balaban J connectivity index is 3.49. The average Bonchev–Trinajstić information content (AvgIpc) is 2.27. The number of rotatable bonds is 3. The molecule has 1 aromatic carbocycles. The lowest BCUT2D eigenvalue weighted by Gasteiger charge is -2.13. The zero-order valence-electron chi connectivity index (χ0n) is 9.92. The number of carbonyl (C=O) groups is 1. The van der Waals surface area contributed by atoms with Crippen LogP contribution in [0.3, 0.4) is 0 Å². The first-order chi connectivity index (χ1) is 7.15. The monoisotopic (exact) mass is 202 g/mol. The third-order valence-electron chi connectivity index (χ3n) is 2.93. The van der Waals surface area contributed by atoms with E-state index in [-0.39, 0.29) is 0 Å². The molecule has 80 valence electrons. The Morgan fingerprint density at radius 3 is 2.53 bits per heavy atom. The highest BCUT2D eigenvalue weighted by Gasteiger charge is 2.09. The van der Waals surface area contributed by atoms with Crippen molar-refractivity contribution in [3.05, 3.63) is 40.5 Å². The van der Waals surface area contributed by atoms with Crippen molar-refractivity contribution >= 4 is 11.9 Å². The highest BCUT2D eigenvalue weighted by atomic mass is 16.1. The molecule has 1 nitrogen and oxygen atoms in total. The highest BCUT2D eigenvalue weighted by molar-refractivity contribution is 5.82. The molecule has 0 fully saturated rings. The fourth-order valence-corrected chi connectivity index (χ4v) is 1.90. The van der Waals surface area contributed by atoms with Gasteiger partial charge < -0.3 is 0 Å². The van der Waals surface area contributed by atoms with E-state index in [1.165, 1.54) is 16.7 Å². The minimum Gasteiger partial charge on any atom is -0.298 e. The van der Waals surface area contributed by atoms with E-state index in [2.05, 4.69) is 26.0 Å². The minimum absolute atomic E-state index is 0.795. The third kappa shape index (κ3) is 2.17. The van der Waals surface area contributed by atoms with Crippen LogP contribution in [0.5, 0.6) is 0 Å². The van der Waals surface area contributed by atoms with Crippen molar-refractivity contribution in [3.63, 3.8) is 0 Å². The van der Waals surface area contributed by atoms with Crippen molar-refractivity contribution in [2.45, 2.75) is 34.1 Å². The molecule has 1 aromatic rings. The summed E-state index contributed by atoms with van der Waals surface area (Å²) in [5.41, 5.74) is 5.69. The predicted octanol–water partition coefficient (Wildman–Crippen LogP) is 3.79. The van der Waals surface area contributed by atoms with Crippen LogP contribution in [0.1, 0.15) is 47.8 Å². The molecular formula is C14H18O. The molecule has 1 heteroatoms. The molecule has 15 heavy (non-hydrogen) atoms. The number of carbonyl (C=O) groups excluding carboxylic acids is 1. The van der Waals surface area contributed by atoms with Crippen molar-refractivity contribution in [1.82, 2.24) is 0 Å². The number of hydrogen-bond acceptors (Lipinski definition) is 1. The van der Waals surface area contributed by atoms with Gasteiger partial charge in [0.15, 0.2) is 0 Å². The van der Waals surface area contributed by atoms with Gasteiger partial charge in [0.2, 0.25) is 0 Å². The Kier molecular flexibility index (Phi) is 3.84. The molecule has 0 aliphatic heterocycles. The Morgan fingerprint density at radius 1 is 1.40 bits per heavy atom. The van der Waals surface area contributed by atoms with Crippen molar-refractivity contribution in [2.24, 2.45) is 0 Å². The zero-order chi connectivity index (χ0) is 11.4. The first-order valence-electron chi connectivity index (χ1n) is 5.36. The molecule has 0 unspecified atom stereocenters. The maximum atomic E-state index is 10.9. The smallest absolute Gasteiger partial charge is 0.150 e. The minimum atomic E-state index is 0.795. The van der Waals surface area contributed by atoms with Gasteiger partial charge in [-0.25, -0.2) is 0 Å². The normalized spacial score (nSPS) is 11.6. The quantitative estimate of drug-likeness (QED) is 0.681. The SMILES string of the molecule is C/C=C(/C)c1c(CC)ccc(C=O)c1C. The van der Waals surface area contributed by atoms with E-state index in [1.807, 2.05) is 19.9 Å². The van der Waals surface area contributed by atoms with Gasteiger partial charge in [-0.05, 0) is 49.5 Å². The molecule has 0 N–H and O–H groups in total. The van der Waals surface area contributed by atoms with E-state index in [4.69, 9.17) is 0 Å². The largest absolute Gasteiger partial charge is 0.298 e. The van der Waals surface area contributed by atoms with Crippen LogP contribution in [0, 0.1) is 6.92 Å². The second kappa shape index (κ2) is 4.92. The summed E-state index contributed by atoms with van der Waals surface area (Å²) in [6.45, 7) is 8.28. The predicted molar refractivity (Wildman–Crippen MR) is 65.3 cm³/mol. The lowest BCUT2D eigenvalue weighted by molar-refractivity contribution is 0.112. The van der Waals surface area contributed by atoms with Gasteiger partial charge in [0, 0.05) is 5.56 Å². The van der Waals surface area contributed by atoms with Gasteiger partial charge in [-0.15, -0.1) is 0 Å². The summed E-state index contributed by atoms with van der Waals surface area (Å²) in [5.74, 6) is 0. The van der Waals surface area contributed by atoms with Gasteiger partial charge in [-0.3, -0.25) is 4.79 Å². The van der Waals surface area contributed by atoms with Gasteiger partial charge in [0.1, 0.15) is 6.29 Å². The Labute approximate surface area is 91.8 Å². The second-order valence-corrected chi connectivity index (χ2v) is 3.76. The zero-order valence-corrected chi connectivity index (χ0v) is 9.92. The lowest BCUT2D eigenvalue weighted by atomic mass is 9.91. The molecule has 0 bridgehead atoms. The van der Waals surface area contributed by atoms with E-state index < -0.39 is 0 Å². The second-order valence-electron chi connectivity index (χ2n) is 3.76.